The Morgan fingerprint density at radius 3 is 2.18 bits per heavy atom. The van der Waals surface area contributed by atoms with E-state index in [1.54, 1.807) is 19.1 Å². The third-order valence-corrected chi connectivity index (χ3v) is 5.50. The Balaban J connectivity index is 2.16. The lowest BCUT2D eigenvalue weighted by molar-refractivity contribution is -0.122. The molecule has 0 aliphatic rings. The zero-order valence-corrected chi connectivity index (χ0v) is 17.6. The normalized spacial score (nSPS) is 12.3. The first-order valence-electron chi connectivity index (χ1n) is 9.31. The summed E-state index contributed by atoms with van der Waals surface area (Å²) in [7, 11) is -3.63. The lowest BCUT2D eigenvalue weighted by atomic mass is 10.1. The maximum atomic E-state index is 12.8. The van der Waals surface area contributed by atoms with Gasteiger partial charge in [0.15, 0.2) is 0 Å². The molecule has 152 valence electrons. The molecule has 0 radical (unpaired) electrons. The largest absolute Gasteiger partial charge is 0.494 e. The molecule has 7 heteroatoms. The topological polar surface area (TPSA) is 75.7 Å². The smallest absolute Gasteiger partial charge is 0.244 e. The molecule has 2 aromatic rings. The van der Waals surface area contributed by atoms with Crippen LogP contribution in [0.25, 0.3) is 0 Å². The van der Waals surface area contributed by atoms with Crippen molar-refractivity contribution in [1.82, 2.24) is 5.32 Å². The monoisotopic (exact) mass is 404 g/mol. The molecule has 0 saturated carbocycles. The average Bonchev–Trinajstić information content (AvgIpc) is 2.65. The van der Waals surface area contributed by atoms with Crippen LogP contribution in [0, 0.1) is 6.92 Å². The van der Waals surface area contributed by atoms with Gasteiger partial charge < -0.3 is 10.1 Å². The van der Waals surface area contributed by atoms with Crippen LogP contribution >= 0.6 is 0 Å². The van der Waals surface area contributed by atoms with Gasteiger partial charge in [-0.2, -0.15) is 0 Å². The molecule has 28 heavy (non-hydrogen) atoms. The van der Waals surface area contributed by atoms with E-state index in [2.05, 4.69) is 5.32 Å². The van der Waals surface area contributed by atoms with E-state index in [1.165, 1.54) is 4.31 Å². The van der Waals surface area contributed by atoms with Crippen LogP contribution in [-0.2, 0) is 21.4 Å². The van der Waals surface area contributed by atoms with Crippen LogP contribution in [0.2, 0.25) is 0 Å². The molecule has 0 aromatic heterocycles. The fraction of sp³-hybridized carbons (Fsp3) is 0.381. The molecule has 0 aliphatic carbocycles. The molecule has 6 nitrogen and oxygen atoms in total. The number of amides is 1. The molecule has 1 N–H and O–H groups in total. The highest BCUT2D eigenvalue weighted by molar-refractivity contribution is 7.92. The van der Waals surface area contributed by atoms with Crippen LogP contribution in [0.15, 0.2) is 48.5 Å². The predicted molar refractivity (Wildman–Crippen MR) is 112 cm³/mol. The van der Waals surface area contributed by atoms with Crippen LogP contribution in [0.4, 0.5) is 5.69 Å². The third-order valence-electron chi connectivity index (χ3n) is 4.32. The Morgan fingerprint density at radius 2 is 1.68 bits per heavy atom. The Hall–Kier alpha value is -2.54. The zero-order valence-electron chi connectivity index (χ0n) is 16.8. The highest BCUT2D eigenvalue weighted by Gasteiger charge is 2.31. The van der Waals surface area contributed by atoms with Crippen LogP contribution in [-0.4, -0.2) is 33.2 Å². The van der Waals surface area contributed by atoms with E-state index >= 15 is 0 Å². The second-order valence-electron chi connectivity index (χ2n) is 6.61. The van der Waals surface area contributed by atoms with Crippen LogP contribution < -0.4 is 14.4 Å². The van der Waals surface area contributed by atoms with Gasteiger partial charge in [-0.3, -0.25) is 9.10 Å². The molecule has 0 saturated heterocycles. The van der Waals surface area contributed by atoms with E-state index in [9.17, 15) is 13.2 Å². The first-order chi connectivity index (χ1) is 13.3. The second kappa shape index (κ2) is 9.59. The van der Waals surface area contributed by atoms with Crippen molar-refractivity contribution in [3.05, 3.63) is 59.7 Å². The van der Waals surface area contributed by atoms with Gasteiger partial charge in [0.05, 0.1) is 18.6 Å². The minimum absolute atomic E-state index is 0.313. The number of sulfonamides is 1. The van der Waals surface area contributed by atoms with Crippen molar-refractivity contribution in [3.63, 3.8) is 0 Å². The summed E-state index contributed by atoms with van der Waals surface area (Å²) < 4.78 is 31.5. The number of anilines is 1. The summed E-state index contributed by atoms with van der Waals surface area (Å²) >= 11 is 0. The molecular weight excluding hydrogens is 376 g/mol. The van der Waals surface area contributed by atoms with Gasteiger partial charge in [0.1, 0.15) is 11.8 Å². The Morgan fingerprint density at radius 1 is 1.07 bits per heavy atom. The fourth-order valence-electron chi connectivity index (χ4n) is 2.93. The molecule has 0 fully saturated rings. The number of nitrogens with one attached hydrogen (secondary N) is 1. The Kier molecular flexibility index (Phi) is 7.45. The average molecular weight is 405 g/mol. The molecule has 0 aliphatic heterocycles. The van der Waals surface area contributed by atoms with Crippen LogP contribution in [0.5, 0.6) is 5.75 Å². The van der Waals surface area contributed by atoms with Crippen LogP contribution in [0.3, 0.4) is 0 Å². The maximum absolute atomic E-state index is 12.8. The minimum atomic E-state index is -3.63. The molecule has 0 heterocycles. The summed E-state index contributed by atoms with van der Waals surface area (Å²) in [4.78, 5) is 12.8. The van der Waals surface area contributed by atoms with E-state index < -0.39 is 16.1 Å². The zero-order chi connectivity index (χ0) is 20.7. The number of hydrogen-bond acceptors (Lipinski definition) is 4. The van der Waals surface area contributed by atoms with Gasteiger partial charge in [-0.25, -0.2) is 8.42 Å². The highest BCUT2D eigenvalue weighted by atomic mass is 32.2. The molecule has 0 spiro atoms. The maximum Gasteiger partial charge on any atom is 0.244 e. The second-order valence-corrected chi connectivity index (χ2v) is 8.47. The number of carbonyl (C=O) groups excluding carboxylic acids is 1. The molecule has 2 rings (SSSR count). The van der Waals surface area contributed by atoms with Crippen molar-refractivity contribution < 1.29 is 17.9 Å². The lowest BCUT2D eigenvalue weighted by Gasteiger charge is -2.30. The van der Waals surface area contributed by atoms with E-state index in [4.69, 9.17) is 4.74 Å². The van der Waals surface area contributed by atoms with Crippen LogP contribution in [0.1, 0.15) is 31.4 Å². The van der Waals surface area contributed by atoms with Gasteiger partial charge in [-0.1, -0.05) is 36.8 Å². The summed E-state index contributed by atoms with van der Waals surface area (Å²) in [6.07, 6.45) is 1.48. The van der Waals surface area contributed by atoms with E-state index in [0.29, 0.717) is 25.3 Å². The molecule has 0 bridgehead atoms. The number of ether oxygens (including phenoxy) is 1. The first kappa shape index (κ1) is 21.8. The lowest BCUT2D eigenvalue weighted by Crippen LogP contribution is -2.49. The molecular formula is C21H28N2O4S. The van der Waals surface area contributed by atoms with Gasteiger partial charge >= 0.3 is 0 Å². The van der Waals surface area contributed by atoms with E-state index in [0.717, 1.165) is 23.1 Å². The van der Waals surface area contributed by atoms with Crippen molar-refractivity contribution in [3.8, 4) is 5.75 Å². The number of aryl methyl sites for hydroxylation is 1. The minimum Gasteiger partial charge on any atom is -0.494 e. The highest BCUT2D eigenvalue weighted by Crippen LogP contribution is 2.23. The number of carbonyl (C=O) groups is 1. The van der Waals surface area contributed by atoms with Gasteiger partial charge in [0.2, 0.25) is 15.9 Å². The van der Waals surface area contributed by atoms with E-state index in [-0.39, 0.29) is 5.91 Å². The summed E-state index contributed by atoms with van der Waals surface area (Å²) in [5, 5.41) is 2.85. The number of hydrogen-bond donors (Lipinski definition) is 1. The third kappa shape index (κ3) is 5.73. The summed E-state index contributed by atoms with van der Waals surface area (Å²) in [5.74, 6) is 0.439. The first-order valence-corrected chi connectivity index (χ1v) is 11.2. The van der Waals surface area contributed by atoms with Gasteiger partial charge in [-0.15, -0.1) is 0 Å². The Bertz CT molecular complexity index is 878. The fourth-order valence-corrected chi connectivity index (χ4v) is 4.14. The molecule has 2 aromatic carbocycles. The van der Waals surface area contributed by atoms with Crippen molar-refractivity contribution in [1.29, 1.82) is 0 Å². The number of nitrogens with zero attached hydrogens (tertiary/aromatic N) is 1. The predicted octanol–water partition coefficient (Wildman–Crippen LogP) is 3.25. The van der Waals surface area contributed by atoms with Crippen molar-refractivity contribution in [2.45, 2.75) is 39.8 Å². The summed E-state index contributed by atoms with van der Waals surface area (Å²) in [6.45, 7) is 6.55. The molecule has 1 amide bonds. The van der Waals surface area contributed by atoms with Gasteiger partial charge in [-0.05, 0) is 50.1 Å². The Labute approximate surface area is 167 Å². The van der Waals surface area contributed by atoms with Crippen molar-refractivity contribution >= 4 is 21.6 Å². The summed E-state index contributed by atoms with van der Waals surface area (Å²) in [5.41, 5.74) is 2.41. The van der Waals surface area contributed by atoms with Gasteiger partial charge in [0.25, 0.3) is 0 Å². The van der Waals surface area contributed by atoms with Crippen molar-refractivity contribution in [2.24, 2.45) is 0 Å². The van der Waals surface area contributed by atoms with E-state index in [1.807, 2.05) is 50.2 Å². The number of rotatable bonds is 9. The summed E-state index contributed by atoms with van der Waals surface area (Å²) in [6, 6.07) is 13.7. The SMILES string of the molecule is CCOc1ccc(CNC(=O)C(CC)N(c2ccc(C)cc2)S(C)(=O)=O)cc1. The van der Waals surface area contributed by atoms with Crippen molar-refractivity contribution in [2.75, 3.05) is 17.2 Å². The van der Waals surface area contributed by atoms with Gasteiger partial charge in [0, 0.05) is 6.54 Å². The molecule has 1 atom stereocenters. The molecule has 1 unspecified atom stereocenters. The quantitative estimate of drug-likeness (QED) is 0.696. The standard InChI is InChI=1S/C21H28N2O4S/c1-5-20(23(28(4,25)26)18-11-7-16(3)8-12-18)21(24)22-15-17-9-13-19(14-10-17)27-6-2/h7-14,20H,5-6,15H2,1-4H3,(H,22,24). The number of benzene rings is 2.